The van der Waals surface area contributed by atoms with Crippen molar-refractivity contribution < 1.29 is 34.0 Å². The van der Waals surface area contributed by atoms with E-state index < -0.39 is 48.0 Å². The Hall–Kier alpha value is -3.53. The number of fused-ring (bicyclic) bond motifs is 1. The van der Waals surface area contributed by atoms with Crippen molar-refractivity contribution >= 4 is 40.2 Å². The van der Waals surface area contributed by atoms with Crippen LogP contribution in [0.15, 0.2) is 42.7 Å². The maximum Gasteiger partial charge on any atom is 0.346 e. The van der Waals surface area contributed by atoms with Crippen molar-refractivity contribution in [3.63, 3.8) is 0 Å². The molecule has 11 nitrogen and oxygen atoms in total. The van der Waals surface area contributed by atoms with Gasteiger partial charge in [-0.1, -0.05) is 47.9 Å². The number of halogens is 1. The minimum Gasteiger partial charge on any atom is -0.463 e. The zero-order valence-corrected chi connectivity index (χ0v) is 23.3. The Bertz CT molecular complexity index is 1440. The Morgan fingerprint density at radius 2 is 2.02 bits per heavy atom. The van der Waals surface area contributed by atoms with E-state index >= 15 is 0 Å². The molecule has 4 rings (SSSR count). The molecule has 3 aromatic rings. The van der Waals surface area contributed by atoms with Gasteiger partial charge >= 0.3 is 5.97 Å². The summed E-state index contributed by atoms with van der Waals surface area (Å²) in [6.45, 7) is 2.32. The van der Waals surface area contributed by atoms with Crippen LogP contribution < -0.4 is 4.90 Å². The Balaban J connectivity index is 1.69. The maximum atomic E-state index is 13.1. The van der Waals surface area contributed by atoms with Crippen LogP contribution in [0.2, 0.25) is 5.15 Å². The Morgan fingerprint density at radius 1 is 1.32 bits per heavy atom. The first-order valence-electron chi connectivity index (χ1n) is 12.6. The summed E-state index contributed by atoms with van der Waals surface area (Å²) >= 11 is 6.24. The summed E-state index contributed by atoms with van der Waals surface area (Å²) in [7, 11) is 3.63. The van der Waals surface area contributed by atoms with Crippen LogP contribution in [-0.2, 0) is 30.2 Å². The quantitative estimate of drug-likeness (QED) is 0.161. The number of pyridine rings is 1. The van der Waals surface area contributed by atoms with E-state index in [-0.39, 0.29) is 23.8 Å². The zero-order valence-electron chi connectivity index (χ0n) is 22.6. The summed E-state index contributed by atoms with van der Waals surface area (Å²) in [5, 5.41) is 22.7. The summed E-state index contributed by atoms with van der Waals surface area (Å²) in [4.78, 5) is 36.6. The molecule has 1 unspecified atom stereocenters. The van der Waals surface area contributed by atoms with Crippen LogP contribution in [0.1, 0.15) is 25.6 Å². The van der Waals surface area contributed by atoms with Crippen molar-refractivity contribution in [2.45, 2.75) is 49.9 Å². The van der Waals surface area contributed by atoms with Gasteiger partial charge in [0.2, 0.25) is 5.60 Å². The first-order chi connectivity index (χ1) is 19.0. The molecule has 0 aliphatic carbocycles. The average Bonchev–Trinajstić information content (AvgIpc) is 3.45. The van der Waals surface area contributed by atoms with Gasteiger partial charge in [-0.15, -0.1) is 6.42 Å². The number of ether oxygens (including phenoxy) is 3. The third kappa shape index (κ3) is 5.16. The summed E-state index contributed by atoms with van der Waals surface area (Å²) < 4.78 is 18.6. The highest BCUT2D eigenvalue weighted by molar-refractivity contribution is 6.30. The monoisotopic (exact) mass is 570 g/mol. The molecule has 0 amide bonds. The second-order valence-corrected chi connectivity index (χ2v) is 10.1. The molecule has 1 aromatic carbocycles. The number of Topliss-reactive ketones (excluding diaryl/α,β-unsaturated/α-hetero) is 1. The van der Waals surface area contributed by atoms with Crippen LogP contribution in [0, 0.1) is 12.3 Å². The lowest BCUT2D eigenvalue weighted by molar-refractivity contribution is -0.184. The van der Waals surface area contributed by atoms with Gasteiger partial charge in [0.25, 0.3) is 0 Å². The first-order valence-corrected chi connectivity index (χ1v) is 13.0. The van der Waals surface area contributed by atoms with E-state index in [9.17, 15) is 19.8 Å². The van der Waals surface area contributed by atoms with Crippen LogP contribution >= 0.6 is 11.6 Å². The zero-order chi connectivity index (χ0) is 29.2. The van der Waals surface area contributed by atoms with Gasteiger partial charge in [0.05, 0.1) is 25.2 Å². The molecule has 1 fully saturated rings. The molecule has 0 saturated carbocycles. The lowest BCUT2D eigenvalue weighted by Crippen LogP contribution is -2.54. The molecule has 0 radical (unpaired) electrons. The number of ketones is 1. The molecule has 1 aliphatic rings. The first kappa shape index (κ1) is 29.5. The summed E-state index contributed by atoms with van der Waals surface area (Å²) in [5.74, 6) is 0.707. The Morgan fingerprint density at radius 3 is 2.62 bits per heavy atom. The largest absolute Gasteiger partial charge is 0.463 e. The highest BCUT2D eigenvalue weighted by atomic mass is 35.5. The highest BCUT2D eigenvalue weighted by Crippen LogP contribution is 2.40. The van der Waals surface area contributed by atoms with Crippen molar-refractivity contribution in [1.29, 1.82) is 0 Å². The lowest BCUT2D eigenvalue weighted by atomic mass is 9.89. The predicted molar refractivity (Wildman–Crippen MR) is 147 cm³/mol. The molecule has 5 atom stereocenters. The molecule has 1 saturated heterocycles. The normalized spacial score (nSPS) is 23.9. The molecular weight excluding hydrogens is 540 g/mol. The smallest absolute Gasteiger partial charge is 0.346 e. The van der Waals surface area contributed by atoms with Gasteiger partial charge in [-0.05, 0) is 19.4 Å². The molecule has 2 N–H and O–H groups in total. The van der Waals surface area contributed by atoms with E-state index in [0.29, 0.717) is 16.8 Å². The number of aromatic nitrogens is 3. The summed E-state index contributed by atoms with van der Waals surface area (Å²) in [6.07, 6.45) is 2.68. The van der Waals surface area contributed by atoms with E-state index in [0.717, 1.165) is 0 Å². The molecular formula is C28H31ClN4O7. The standard InChI is InChI=1S/C28H31ClN4O7/c1-6-27(37)20(15-39-28(17(3)34,26(36)38-7-2)14-18-11-9-8-10-12-18)40-25(23(27)35)33-16-30-22-19(32(4)5)13-21(29)31-24(22)33/h1,8-13,16,20,23,25,35,37H,7,14-15H2,2-5H3/t20-,23+,25-,27-,28?/m1/s1. The number of esters is 1. The van der Waals surface area contributed by atoms with E-state index in [4.69, 9.17) is 32.2 Å². The maximum absolute atomic E-state index is 13.1. The number of benzene rings is 1. The number of hydrogen-bond donors (Lipinski definition) is 2. The molecule has 0 spiro atoms. The van der Waals surface area contributed by atoms with Gasteiger partial charge < -0.3 is 29.3 Å². The van der Waals surface area contributed by atoms with Crippen molar-refractivity contribution in [2.75, 3.05) is 32.2 Å². The van der Waals surface area contributed by atoms with Crippen molar-refractivity contribution in [2.24, 2.45) is 0 Å². The van der Waals surface area contributed by atoms with Crippen LogP contribution in [0.3, 0.4) is 0 Å². The van der Waals surface area contributed by atoms with Gasteiger partial charge in [0, 0.05) is 26.6 Å². The van der Waals surface area contributed by atoms with Crippen molar-refractivity contribution in [1.82, 2.24) is 14.5 Å². The van der Waals surface area contributed by atoms with Gasteiger partial charge in [-0.25, -0.2) is 14.8 Å². The number of imidazole rings is 1. The molecule has 40 heavy (non-hydrogen) atoms. The molecule has 3 heterocycles. The van der Waals surface area contributed by atoms with Crippen LogP contribution in [0.25, 0.3) is 11.2 Å². The molecule has 12 heteroatoms. The SMILES string of the molecule is C#C[C@@]1(O)[C@@H](COC(Cc2ccccc2)(C(C)=O)C(=O)OCC)O[C@@H](n2cnc3c(N(C)C)cc(Cl)nc32)[C@@H]1O. The number of rotatable bonds is 10. The average molecular weight is 571 g/mol. The van der Waals surface area contributed by atoms with Crippen molar-refractivity contribution in [3.8, 4) is 12.3 Å². The number of aliphatic hydroxyl groups is 2. The van der Waals surface area contributed by atoms with E-state index in [1.54, 1.807) is 48.2 Å². The Labute approximate surface area is 236 Å². The van der Waals surface area contributed by atoms with Gasteiger partial charge in [0.1, 0.15) is 22.9 Å². The van der Waals surface area contributed by atoms with E-state index in [2.05, 4.69) is 15.9 Å². The number of nitrogens with zero attached hydrogens (tertiary/aromatic N) is 4. The fourth-order valence-corrected chi connectivity index (χ4v) is 4.89. The Kier molecular flexibility index (Phi) is 8.49. The van der Waals surface area contributed by atoms with Gasteiger partial charge in [-0.2, -0.15) is 0 Å². The number of carbonyl (C=O) groups is 2. The summed E-state index contributed by atoms with van der Waals surface area (Å²) in [5.41, 5.74) is -2.21. The fraction of sp³-hybridized carbons (Fsp3) is 0.429. The fourth-order valence-electron chi connectivity index (χ4n) is 4.71. The topological polar surface area (TPSA) is 136 Å². The molecule has 1 aliphatic heterocycles. The third-order valence-corrected chi connectivity index (χ3v) is 7.13. The predicted octanol–water partition coefficient (Wildman–Crippen LogP) is 1.92. The van der Waals surface area contributed by atoms with Crippen molar-refractivity contribution in [3.05, 3.63) is 53.4 Å². The lowest BCUT2D eigenvalue weighted by Gasteiger charge is -2.32. The minimum absolute atomic E-state index is 0.0131. The highest BCUT2D eigenvalue weighted by Gasteiger charge is 2.57. The van der Waals surface area contributed by atoms with Crippen LogP contribution in [0.5, 0.6) is 0 Å². The number of aliphatic hydroxyl groups excluding tert-OH is 1. The number of anilines is 1. The van der Waals surface area contributed by atoms with E-state index in [1.807, 2.05) is 14.1 Å². The van der Waals surface area contributed by atoms with E-state index in [1.165, 1.54) is 17.8 Å². The molecule has 212 valence electrons. The molecule has 2 aromatic heterocycles. The second kappa shape index (κ2) is 11.5. The van der Waals surface area contributed by atoms with Gasteiger partial charge in [-0.3, -0.25) is 9.36 Å². The van der Waals surface area contributed by atoms with Crippen LogP contribution in [0.4, 0.5) is 5.69 Å². The third-order valence-electron chi connectivity index (χ3n) is 6.93. The second-order valence-electron chi connectivity index (χ2n) is 9.69. The number of terminal acetylenes is 1. The van der Waals surface area contributed by atoms with Crippen LogP contribution in [-0.4, -0.2) is 87.2 Å². The van der Waals surface area contributed by atoms with Gasteiger partial charge in [0.15, 0.2) is 23.3 Å². The number of hydrogen-bond acceptors (Lipinski definition) is 10. The molecule has 0 bridgehead atoms. The number of carbonyl (C=O) groups excluding carboxylic acids is 2. The summed E-state index contributed by atoms with van der Waals surface area (Å²) in [6, 6.07) is 10.5. The minimum atomic E-state index is -2.26.